The summed E-state index contributed by atoms with van der Waals surface area (Å²) in [6.07, 6.45) is 4.96. The van der Waals surface area contributed by atoms with Gasteiger partial charge in [-0.15, -0.1) is 0 Å². The standard InChI is InChI=1S/C13H17NO2/c1-10-6-7-12(13(15)16)9-11(10)5-3-4-8-14-2/h3,5-7,9,14H,4,8H2,1-2H3,(H,15,16). The highest BCUT2D eigenvalue weighted by atomic mass is 16.4. The maximum atomic E-state index is 10.8. The molecule has 0 aliphatic carbocycles. The lowest BCUT2D eigenvalue weighted by atomic mass is 10.0. The van der Waals surface area contributed by atoms with Gasteiger partial charge in [-0.25, -0.2) is 4.79 Å². The highest BCUT2D eigenvalue weighted by Gasteiger charge is 2.03. The molecule has 86 valence electrons. The van der Waals surface area contributed by atoms with E-state index in [0.717, 1.165) is 24.1 Å². The van der Waals surface area contributed by atoms with Crippen LogP contribution in [0.2, 0.25) is 0 Å². The molecule has 0 spiro atoms. The van der Waals surface area contributed by atoms with E-state index in [1.807, 2.05) is 32.2 Å². The number of hydrogen-bond donors (Lipinski definition) is 2. The molecule has 0 atom stereocenters. The SMILES string of the molecule is CNCCC=Cc1cc(C(=O)O)ccc1C. The second-order valence-corrected chi connectivity index (χ2v) is 3.67. The zero-order chi connectivity index (χ0) is 12.0. The molecule has 0 aromatic heterocycles. The molecule has 0 bridgehead atoms. The minimum Gasteiger partial charge on any atom is -0.478 e. The van der Waals surface area contributed by atoms with Gasteiger partial charge in [0, 0.05) is 0 Å². The van der Waals surface area contributed by atoms with E-state index in [1.165, 1.54) is 0 Å². The molecule has 3 heteroatoms. The molecule has 0 unspecified atom stereocenters. The third-order valence-electron chi connectivity index (χ3n) is 2.38. The van der Waals surface area contributed by atoms with Crippen LogP contribution in [0.4, 0.5) is 0 Å². The summed E-state index contributed by atoms with van der Waals surface area (Å²) in [4.78, 5) is 10.8. The van der Waals surface area contributed by atoms with Crippen molar-refractivity contribution in [3.05, 3.63) is 41.0 Å². The fraction of sp³-hybridized carbons (Fsp3) is 0.308. The molecular weight excluding hydrogens is 202 g/mol. The quantitative estimate of drug-likeness (QED) is 0.747. The molecule has 0 radical (unpaired) electrons. The normalized spacial score (nSPS) is 10.9. The Bertz CT molecular complexity index is 397. The van der Waals surface area contributed by atoms with E-state index in [2.05, 4.69) is 5.32 Å². The van der Waals surface area contributed by atoms with Gasteiger partial charge >= 0.3 is 5.97 Å². The Morgan fingerprint density at radius 2 is 2.25 bits per heavy atom. The number of hydrogen-bond acceptors (Lipinski definition) is 2. The van der Waals surface area contributed by atoms with Crippen LogP contribution in [-0.4, -0.2) is 24.7 Å². The van der Waals surface area contributed by atoms with E-state index in [0.29, 0.717) is 5.56 Å². The molecule has 1 rings (SSSR count). The van der Waals surface area contributed by atoms with Gasteiger partial charge in [-0.05, 0) is 50.2 Å². The molecule has 0 heterocycles. The first-order valence-electron chi connectivity index (χ1n) is 5.30. The highest BCUT2D eigenvalue weighted by molar-refractivity contribution is 5.88. The zero-order valence-corrected chi connectivity index (χ0v) is 9.66. The van der Waals surface area contributed by atoms with Crippen molar-refractivity contribution < 1.29 is 9.90 Å². The molecule has 0 aliphatic heterocycles. The average Bonchev–Trinajstić information content (AvgIpc) is 2.26. The lowest BCUT2D eigenvalue weighted by molar-refractivity contribution is 0.0697. The number of carboxylic acids is 1. The van der Waals surface area contributed by atoms with Crippen molar-refractivity contribution in [3.8, 4) is 0 Å². The molecule has 0 amide bonds. The Morgan fingerprint density at radius 3 is 2.88 bits per heavy atom. The van der Waals surface area contributed by atoms with E-state index in [9.17, 15) is 4.79 Å². The molecule has 0 aliphatic rings. The van der Waals surface area contributed by atoms with Crippen molar-refractivity contribution in [1.29, 1.82) is 0 Å². The van der Waals surface area contributed by atoms with Gasteiger partial charge in [0.05, 0.1) is 5.56 Å². The molecule has 1 aromatic carbocycles. The van der Waals surface area contributed by atoms with Gasteiger partial charge in [0.2, 0.25) is 0 Å². The van der Waals surface area contributed by atoms with E-state index < -0.39 is 5.97 Å². The third kappa shape index (κ3) is 3.51. The summed E-state index contributed by atoms with van der Waals surface area (Å²) >= 11 is 0. The van der Waals surface area contributed by atoms with Gasteiger partial charge in [-0.3, -0.25) is 0 Å². The minimum atomic E-state index is -0.884. The molecule has 0 fully saturated rings. The van der Waals surface area contributed by atoms with Crippen molar-refractivity contribution in [2.24, 2.45) is 0 Å². The van der Waals surface area contributed by atoms with Crippen LogP contribution < -0.4 is 5.32 Å². The van der Waals surface area contributed by atoms with E-state index in [1.54, 1.807) is 12.1 Å². The van der Waals surface area contributed by atoms with Crippen molar-refractivity contribution in [1.82, 2.24) is 5.32 Å². The summed E-state index contributed by atoms with van der Waals surface area (Å²) in [5, 5.41) is 11.9. The maximum Gasteiger partial charge on any atom is 0.335 e. The summed E-state index contributed by atoms with van der Waals surface area (Å²) in [5.41, 5.74) is 2.39. The Labute approximate surface area is 95.8 Å². The molecule has 2 N–H and O–H groups in total. The summed E-state index contributed by atoms with van der Waals surface area (Å²) in [7, 11) is 1.91. The van der Waals surface area contributed by atoms with Crippen LogP contribution >= 0.6 is 0 Å². The monoisotopic (exact) mass is 219 g/mol. The molecular formula is C13H17NO2. The maximum absolute atomic E-state index is 10.8. The third-order valence-corrected chi connectivity index (χ3v) is 2.38. The number of benzene rings is 1. The predicted octanol–water partition coefficient (Wildman–Crippen LogP) is 2.32. The summed E-state index contributed by atoms with van der Waals surface area (Å²) < 4.78 is 0. The van der Waals surface area contributed by atoms with Gasteiger partial charge in [0.15, 0.2) is 0 Å². The van der Waals surface area contributed by atoms with Gasteiger partial charge in [0.1, 0.15) is 0 Å². The van der Waals surface area contributed by atoms with Crippen LogP contribution in [0.3, 0.4) is 0 Å². The minimum absolute atomic E-state index is 0.332. The molecule has 0 saturated heterocycles. The average molecular weight is 219 g/mol. The van der Waals surface area contributed by atoms with E-state index in [-0.39, 0.29) is 0 Å². The van der Waals surface area contributed by atoms with Gasteiger partial charge in [-0.2, -0.15) is 0 Å². The fourth-order valence-electron chi connectivity index (χ4n) is 1.39. The Morgan fingerprint density at radius 1 is 1.50 bits per heavy atom. The number of nitrogens with one attached hydrogen (secondary N) is 1. The number of carboxylic acid groups (broad SMARTS) is 1. The topological polar surface area (TPSA) is 49.3 Å². The Kier molecular flexibility index (Phi) is 4.73. The van der Waals surface area contributed by atoms with Gasteiger partial charge < -0.3 is 10.4 Å². The van der Waals surface area contributed by atoms with Crippen LogP contribution in [0.5, 0.6) is 0 Å². The number of carbonyl (C=O) groups is 1. The van der Waals surface area contributed by atoms with E-state index >= 15 is 0 Å². The Balaban J connectivity index is 2.82. The largest absolute Gasteiger partial charge is 0.478 e. The second kappa shape index (κ2) is 6.08. The first-order valence-corrected chi connectivity index (χ1v) is 5.30. The second-order valence-electron chi connectivity index (χ2n) is 3.67. The Hall–Kier alpha value is -1.61. The van der Waals surface area contributed by atoms with Crippen molar-refractivity contribution in [2.45, 2.75) is 13.3 Å². The lowest BCUT2D eigenvalue weighted by Gasteiger charge is -2.02. The fourth-order valence-corrected chi connectivity index (χ4v) is 1.39. The van der Waals surface area contributed by atoms with Gasteiger partial charge in [-0.1, -0.05) is 18.2 Å². The number of aromatic carboxylic acids is 1. The molecule has 0 saturated carbocycles. The van der Waals surface area contributed by atoms with E-state index in [4.69, 9.17) is 5.11 Å². The first kappa shape index (κ1) is 12.5. The summed E-state index contributed by atoms with van der Waals surface area (Å²) in [6.45, 7) is 2.90. The highest BCUT2D eigenvalue weighted by Crippen LogP contribution is 2.13. The van der Waals surface area contributed by atoms with Crippen LogP contribution in [-0.2, 0) is 0 Å². The van der Waals surface area contributed by atoms with Gasteiger partial charge in [0.25, 0.3) is 0 Å². The first-order chi connectivity index (χ1) is 7.65. The predicted molar refractivity (Wildman–Crippen MR) is 65.7 cm³/mol. The summed E-state index contributed by atoms with van der Waals surface area (Å²) in [6, 6.07) is 5.16. The zero-order valence-electron chi connectivity index (χ0n) is 9.66. The van der Waals surface area contributed by atoms with Crippen LogP contribution in [0, 0.1) is 6.92 Å². The number of aryl methyl sites for hydroxylation is 1. The van der Waals surface area contributed by atoms with Crippen LogP contribution in [0.15, 0.2) is 24.3 Å². The van der Waals surface area contributed by atoms with Crippen LogP contribution in [0.1, 0.15) is 27.9 Å². The molecule has 1 aromatic rings. The number of rotatable bonds is 5. The summed E-state index contributed by atoms with van der Waals surface area (Å²) in [5.74, 6) is -0.884. The van der Waals surface area contributed by atoms with Crippen molar-refractivity contribution in [2.75, 3.05) is 13.6 Å². The van der Waals surface area contributed by atoms with Crippen molar-refractivity contribution in [3.63, 3.8) is 0 Å². The smallest absolute Gasteiger partial charge is 0.335 e. The lowest BCUT2D eigenvalue weighted by Crippen LogP contribution is -2.05. The molecule has 3 nitrogen and oxygen atoms in total. The molecule has 16 heavy (non-hydrogen) atoms. The van der Waals surface area contributed by atoms with Crippen LogP contribution in [0.25, 0.3) is 6.08 Å². The van der Waals surface area contributed by atoms with Crippen molar-refractivity contribution >= 4 is 12.0 Å².